The number of aliphatic hydroxyl groups is 1. The molecule has 1 aliphatic carbocycles. The van der Waals surface area contributed by atoms with Crippen molar-refractivity contribution in [1.29, 1.82) is 0 Å². The Kier molecular flexibility index (Phi) is 5.00. The van der Waals surface area contributed by atoms with Crippen molar-refractivity contribution in [2.24, 2.45) is 11.0 Å². The number of aliphatic hydroxyl groups excluding tert-OH is 1. The number of hydrogen-bond donors (Lipinski definition) is 2. The minimum Gasteiger partial charge on any atom is -0.396 e. The van der Waals surface area contributed by atoms with E-state index >= 15 is 0 Å². The predicted octanol–water partition coefficient (Wildman–Crippen LogP) is 1.52. The van der Waals surface area contributed by atoms with Gasteiger partial charge in [-0.1, -0.05) is 21.0 Å². The second kappa shape index (κ2) is 6.75. The lowest BCUT2D eigenvalue weighted by atomic mass is 10.1. The Hall–Kier alpha value is -1.83. The molecule has 112 valence electrons. The van der Waals surface area contributed by atoms with Gasteiger partial charge in [-0.3, -0.25) is 14.3 Å². The monoisotopic (exact) mass is 355 g/mol. The molecule has 1 heterocycles. The van der Waals surface area contributed by atoms with E-state index in [2.05, 4.69) is 30.9 Å². The number of rotatable bonds is 4. The molecule has 1 fully saturated rings. The average molecular weight is 356 g/mol. The molecule has 0 amide bonds. The molecule has 1 aromatic heterocycles. The predicted molar refractivity (Wildman–Crippen MR) is 81.1 cm³/mol. The van der Waals surface area contributed by atoms with Crippen molar-refractivity contribution >= 4 is 22.0 Å². The van der Waals surface area contributed by atoms with Crippen LogP contribution in [-0.2, 0) is 0 Å². The molecule has 0 radical (unpaired) electrons. The number of hydrogen-bond acceptors (Lipinski definition) is 4. The minimum atomic E-state index is -0.505. The maximum absolute atomic E-state index is 11.9. The molecule has 0 spiro atoms. The smallest absolute Gasteiger partial charge is 0.328 e. The number of aromatic nitrogens is 2. The van der Waals surface area contributed by atoms with Crippen LogP contribution >= 0.6 is 15.9 Å². The Balaban J connectivity index is 2.39. The second-order valence-electron chi connectivity index (χ2n) is 4.88. The van der Waals surface area contributed by atoms with Crippen molar-refractivity contribution in [3.63, 3.8) is 0 Å². The number of halogens is 1. The Morgan fingerprint density at radius 1 is 1.57 bits per heavy atom. The Labute approximate surface area is 127 Å². The first-order valence-electron chi connectivity index (χ1n) is 6.38. The van der Waals surface area contributed by atoms with Crippen LogP contribution in [0.15, 0.2) is 25.9 Å². The molecule has 3 atom stereocenters. The second-order valence-corrected chi connectivity index (χ2v) is 5.41. The minimum absolute atomic E-state index is 0.105. The Morgan fingerprint density at radius 3 is 2.95 bits per heavy atom. The van der Waals surface area contributed by atoms with Crippen LogP contribution in [-0.4, -0.2) is 27.3 Å². The highest BCUT2D eigenvalue weighted by atomic mass is 79.9. The van der Waals surface area contributed by atoms with Gasteiger partial charge < -0.3 is 5.11 Å². The van der Waals surface area contributed by atoms with Gasteiger partial charge >= 0.3 is 5.69 Å². The normalized spacial score (nSPS) is 25.1. The Bertz CT molecular complexity index is 704. The highest BCUT2D eigenvalue weighted by Crippen LogP contribution is 2.35. The molecule has 8 nitrogen and oxygen atoms in total. The molecular weight excluding hydrogens is 342 g/mol. The molecule has 0 aromatic carbocycles. The fourth-order valence-corrected chi connectivity index (χ4v) is 2.95. The van der Waals surface area contributed by atoms with Crippen LogP contribution in [0.5, 0.6) is 0 Å². The molecule has 1 aliphatic rings. The lowest BCUT2D eigenvalue weighted by Crippen LogP contribution is -2.32. The van der Waals surface area contributed by atoms with E-state index in [-0.39, 0.29) is 24.6 Å². The zero-order valence-electron chi connectivity index (χ0n) is 11.0. The third-order valence-corrected chi connectivity index (χ3v) is 3.96. The average Bonchev–Trinajstić information content (AvgIpc) is 2.85. The van der Waals surface area contributed by atoms with Crippen LogP contribution < -0.4 is 11.2 Å². The van der Waals surface area contributed by atoms with Crippen LogP contribution in [0.1, 0.15) is 24.4 Å². The zero-order valence-corrected chi connectivity index (χ0v) is 12.6. The highest BCUT2D eigenvalue weighted by molar-refractivity contribution is 9.11. The maximum Gasteiger partial charge on any atom is 0.328 e. The lowest BCUT2D eigenvalue weighted by molar-refractivity contribution is 0.215. The van der Waals surface area contributed by atoms with Gasteiger partial charge in [-0.2, -0.15) is 0 Å². The van der Waals surface area contributed by atoms with Gasteiger partial charge in [0.25, 0.3) is 5.56 Å². The van der Waals surface area contributed by atoms with Crippen LogP contribution in [0.25, 0.3) is 16.5 Å². The van der Waals surface area contributed by atoms with Crippen LogP contribution in [0.2, 0.25) is 0 Å². The largest absolute Gasteiger partial charge is 0.396 e. The van der Waals surface area contributed by atoms with Gasteiger partial charge in [0.15, 0.2) is 0 Å². The molecule has 21 heavy (non-hydrogen) atoms. The fraction of sp³-hybridized carbons (Fsp3) is 0.500. The first kappa shape index (κ1) is 15.6. The van der Waals surface area contributed by atoms with Gasteiger partial charge in [0.1, 0.15) is 0 Å². The van der Waals surface area contributed by atoms with Crippen molar-refractivity contribution in [3.05, 3.63) is 48.0 Å². The summed E-state index contributed by atoms with van der Waals surface area (Å²) >= 11 is 3.09. The van der Waals surface area contributed by atoms with Gasteiger partial charge in [0.05, 0.1) is 5.56 Å². The summed E-state index contributed by atoms with van der Waals surface area (Å²) in [6, 6.07) is -0.566. The third kappa shape index (κ3) is 3.26. The fourth-order valence-electron chi connectivity index (χ4n) is 2.66. The zero-order chi connectivity index (χ0) is 15.4. The molecule has 2 rings (SSSR count). The number of azide groups is 1. The number of aromatic amines is 1. The van der Waals surface area contributed by atoms with Crippen LogP contribution in [0.3, 0.4) is 0 Å². The molecule has 0 saturated heterocycles. The third-order valence-electron chi connectivity index (χ3n) is 3.70. The quantitative estimate of drug-likeness (QED) is 0.483. The summed E-state index contributed by atoms with van der Waals surface area (Å²) in [5.41, 5.74) is 7.93. The number of nitrogens with zero attached hydrogens (tertiary/aromatic N) is 4. The van der Waals surface area contributed by atoms with Gasteiger partial charge in [-0.05, 0) is 35.4 Å². The first-order valence-corrected chi connectivity index (χ1v) is 7.29. The van der Waals surface area contributed by atoms with Crippen LogP contribution in [0.4, 0.5) is 0 Å². The van der Waals surface area contributed by atoms with Gasteiger partial charge in [0.2, 0.25) is 0 Å². The summed E-state index contributed by atoms with van der Waals surface area (Å²) in [6.45, 7) is -0.105. The summed E-state index contributed by atoms with van der Waals surface area (Å²) in [5, 5.41) is 13.0. The van der Waals surface area contributed by atoms with E-state index in [4.69, 9.17) is 5.53 Å². The van der Waals surface area contributed by atoms with Gasteiger partial charge in [0, 0.05) is 29.8 Å². The SMILES string of the molecule is [N-]=[N+]=NC1C[C@H](n2cc(/C=C/Br)c(=O)[nH]c2=O)C[C@@H]1CO. The van der Waals surface area contributed by atoms with Crippen molar-refractivity contribution in [2.75, 3.05) is 6.61 Å². The van der Waals surface area contributed by atoms with E-state index in [0.717, 1.165) is 0 Å². The van der Waals surface area contributed by atoms with E-state index in [1.807, 2.05) is 0 Å². The summed E-state index contributed by atoms with van der Waals surface area (Å²) < 4.78 is 1.43. The lowest BCUT2D eigenvalue weighted by Gasteiger charge is -2.13. The van der Waals surface area contributed by atoms with Crippen molar-refractivity contribution in [2.45, 2.75) is 24.9 Å². The molecule has 9 heteroatoms. The standard InChI is InChI=1S/C12H14BrN5O3/c13-2-1-7-5-18(12(21)15-11(7)20)9-3-8(6-19)10(4-9)16-17-14/h1-2,5,8-10,19H,3-4,6H2,(H,15,20,21)/b2-1+/t8-,9-,10?/m1/s1. The van der Waals surface area contributed by atoms with Crippen molar-refractivity contribution in [3.8, 4) is 0 Å². The van der Waals surface area contributed by atoms with E-state index in [0.29, 0.717) is 18.4 Å². The Morgan fingerprint density at radius 2 is 2.33 bits per heavy atom. The van der Waals surface area contributed by atoms with Crippen molar-refractivity contribution in [1.82, 2.24) is 9.55 Å². The van der Waals surface area contributed by atoms with E-state index in [1.165, 1.54) is 21.8 Å². The molecule has 1 saturated carbocycles. The highest BCUT2D eigenvalue weighted by Gasteiger charge is 2.34. The van der Waals surface area contributed by atoms with Crippen LogP contribution in [0, 0.1) is 5.92 Å². The van der Waals surface area contributed by atoms with Crippen molar-refractivity contribution < 1.29 is 5.11 Å². The topological polar surface area (TPSA) is 124 Å². The molecule has 1 aromatic rings. The van der Waals surface area contributed by atoms with E-state index in [9.17, 15) is 14.7 Å². The molecule has 2 N–H and O–H groups in total. The molecule has 0 bridgehead atoms. The first-order chi connectivity index (χ1) is 10.1. The summed E-state index contributed by atoms with van der Waals surface area (Å²) in [6.07, 6.45) is 4.00. The summed E-state index contributed by atoms with van der Waals surface area (Å²) in [4.78, 5) is 30.2. The molecule has 0 aliphatic heterocycles. The number of H-pyrrole nitrogens is 1. The van der Waals surface area contributed by atoms with Gasteiger partial charge in [-0.15, -0.1) is 0 Å². The molecule has 1 unspecified atom stereocenters. The van der Waals surface area contributed by atoms with E-state index in [1.54, 1.807) is 0 Å². The number of nitrogens with one attached hydrogen (secondary N) is 1. The summed E-state index contributed by atoms with van der Waals surface area (Å²) in [5.74, 6) is -0.181. The summed E-state index contributed by atoms with van der Waals surface area (Å²) in [7, 11) is 0. The molecular formula is C12H14BrN5O3. The van der Waals surface area contributed by atoms with Gasteiger partial charge in [-0.25, -0.2) is 4.79 Å². The maximum atomic E-state index is 11.9. The van der Waals surface area contributed by atoms with E-state index < -0.39 is 11.2 Å².